The molecule has 0 spiro atoms. The Balaban J connectivity index is 2.24. The molecule has 0 aromatic heterocycles. The molecule has 0 aromatic rings. The third-order valence-electron chi connectivity index (χ3n) is 3.34. The van der Waals surface area contributed by atoms with E-state index in [0.29, 0.717) is 5.41 Å². The lowest BCUT2D eigenvalue weighted by atomic mass is 9.93. The van der Waals surface area contributed by atoms with Crippen molar-refractivity contribution in [3.05, 3.63) is 0 Å². The molecular weight excluding hydrogens is 184 g/mol. The van der Waals surface area contributed by atoms with E-state index in [9.17, 15) is 0 Å². The van der Waals surface area contributed by atoms with E-state index >= 15 is 0 Å². The van der Waals surface area contributed by atoms with E-state index in [2.05, 4.69) is 32.7 Å². The Bertz CT molecular complexity index is 187. The smallest absolute Gasteiger partial charge is 0.0166 e. The van der Waals surface area contributed by atoms with Crippen LogP contribution in [0.25, 0.3) is 0 Å². The van der Waals surface area contributed by atoms with Gasteiger partial charge in [0.25, 0.3) is 0 Å². The van der Waals surface area contributed by atoms with Crippen molar-refractivity contribution >= 4 is 0 Å². The molecule has 2 heteroatoms. The molecule has 1 rings (SSSR count). The Morgan fingerprint density at radius 2 is 1.73 bits per heavy atom. The van der Waals surface area contributed by atoms with Crippen molar-refractivity contribution in [1.29, 1.82) is 0 Å². The summed E-state index contributed by atoms with van der Waals surface area (Å²) < 4.78 is 0. The summed E-state index contributed by atoms with van der Waals surface area (Å²) in [7, 11) is 2.21. The molecule has 0 amide bonds. The average molecular weight is 212 g/mol. The molecule has 0 heterocycles. The summed E-state index contributed by atoms with van der Waals surface area (Å²) in [5.41, 5.74) is 6.90. The minimum atomic E-state index is 0.159. The molecule has 15 heavy (non-hydrogen) atoms. The number of nitrogens with two attached hydrogens (primary N) is 1. The van der Waals surface area contributed by atoms with Gasteiger partial charge in [-0.15, -0.1) is 0 Å². The van der Waals surface area contributed by atoms with Gasteiger partial charge in [0.05, 0.1) is 0 Å². The van der Waals surface area contributed by atoms with Gasteiger partial charge in [-0.1, -0.05) is 33.6 Å². The first-order valence-corrected chi connectivity index (χ1v) is 6.28. The zero-order valence-electron chi connectivity index (χ0n) is 11.0. The van der Waals surface area contributed by atoms with Crippen LogP contribution in [0.3, 0.4) is 0 Å². The van der Waals surface area contributed by atoms with E-state index in [-0.39, 0.29) is 5.54 Å². The van der Waals surface area contributed by atoms with Crippen LogP contribution in [-0.2, 0) is 0 Å². The molecule has 90 valence electrons. The highest BCUT2D eigenvalue weighted by Crippen LogP contribution is 2.30. The Morgan fingerprint density at radius 3 is 2.20 bits per heavy atom. The molecule has 1 saturated carbocycles. The predicted molar refractivity (Wildman–Crippen MR) is 67.0 cm³/mol. The summed E-state index contributed by atoms with van der Waals surface area (Å²) in [6.45, 7) is 9.17. The zero-order valence-corrected chi connectivity index (χ0v) is 11.0. The van der Waals surface area contributed by atoms with Crippen molar-refractivity contribution < 1.29 is 0 Å². The van der Waals surface area contributed by atoms with Gasteiger partial charge in [0.15, 0.2) is 0 Å². The molecule has 1 fully saturated rings. The first-order chi connectivity index (χ1) is 6.81. The van der Waals surface area contributed by atoms with Gasteiger partial charge in [-0.25, -0.2) is 0 Å². The maximum atomic E-state index is 6.34. The highest BCUT2D eigenvalue weighted by atomic mass is 15.1. The van der Waals surface area contributed by atoms with Crippen molar-refractivity contribution in [3.63, 3.8) is 0 Å². The van der Waals surface area contributed by atoms with Crippen molar-refractivity contribution in [3.8, 4) is 0 Å². The van der Waals surface area contributed by atoms with Crippen LogP contribution in [0, 0.1) is 5.41 Å². The van der Waals surface area contributed by atoms with Gasteiger partial charge < -0.3 is 10.6 Å². The second-order valence-electron chi connectivity index (χ2n) is 6.62. The van der Waals surface area contributed by atoms with Crippen LogP contribution < -0.4 is 5.73 Å². The molecule has 0 saturated heterocycles. The molecule has 2 N–H and O–H groups in total. The minimum Gasteiger partial charge on any atom is -0.325 e. The van der Waals surface area contributed by atoms with Gasteiger partial charge in [0.1, 0.15) is 0 Å². The fraction of sp³-hybridized carbons (Fsp3) is 1.00. The van der Waals surface area contributed by atoms with Crippen LogP contribution in [0.4, 0.5) is 0 Å². The summed E-state index contributed by atoms with van der Waals surface area (Å²) in [4.78, 5) is 2.42. The van der Waals surface area contributed by atoms with Gasteiger partial charge in [0, 0.05) is 12.1 Å². The second-order valence-corrected chi connectivity index (χ2v) is 6.62. The number of hydrogen-bond donors (Lipinski definition) is 1. The lowest BCUT2D eigenvalue weighted by Gasteiger charge is -2.30. The molecule has 2 nitrogen and oxygen atoms in total. The minimum absolute atomic E-state index is 0.159. The van der Waals surface area contributed by atoms with Crippen LogP contribution in [0.2, 0.25) is 0 Å². The molecule has 0 radical (unpaired) electrons. The molecule has 0 atom stereocenters. The Labute approximate surface area is 95.2 Å². The lowest BCUT2D eigenvalue weighted by molar-refractivity contribution is 0.207. The second kappa shape index (κ2) is 4.84. The van der Waals surface area contributed by atoms with Crippen LogP contribution in [-0.4, -0.2) is 30.6 Å². The molecule has 0 unspecified atom stereocenters. The molecule has 1 aliphatic carbocycles. The largest absolute Gasteiger partial charge is 0.325 e. The lowest BCUT2D eigenvalue weighted by Crippen LogP contribution is -2.41. The van der Waals surface area contributed by atoms with Crippen molar-refractivity contribution in [2.75, 3.05) is 20.1 Å². The summed E-state index contributed by atoms with van der Waals surface area (Å²) in [6.07, 6.45) is 6.30. The first-order valence-electron chi connectivity index (χ1n) is 6.28. The molecule has 1 aliphatic rings. The molecule has 0 bridgehead atoms. The van der Waals surface area contributed by atoms with E-state index < -0.39 is 0 Å². The van der Waals surface area contributed by atoms with Crippen LogP contribution in [0.5, 0.6) is 0 Å². The third kappa shape index (κ3) is 4.98. The van der Waals surface area contributed by atoms with Crippen LogP contribution in [0.1, 0.15) is 52.9 Å². The van der Waals surface area contributed by atoms with Gasteiger partial charge in [-0.3, -0.25) is 0 Å². The van der Waals surface area contributed by atoms with E-state index in [1.807, 2.05) is 0 Å². The van der Waals surface area contributed by atoms with Gasteiger partial charge in [0.2, 0.25) is 0 Å². The standard InChI is InChI=1S/C13H28N2/c1-12(2,3)11-15(4)10-9-13(14)7-5-6-8-13/h5-11,14H2,1-4H3. The maximum Gasteiger partial charge on any atom is 0.0166 e. The summed E-state index contributed by atoms with van der Waals surface area (Å²) in [5, 5.41) is 0. The van der Waals surface area contributed by atoms with Crippen LogP contribution >= 0.6 is 0 Å². The highest BCUT2D eigenvalue weighted by Gasteiger charge is 2.29. The van der Waals surface area contributed by atoms with E-state index in [1.54, 1.807) is 0 Å². The Kier molecular flexibility index (Phi) is 4.19. The van der Waals surface area contributed by atoms with Gasteiger partial charge >= 0.3 is 0 Å². The first kappa shape index (κ1) is 13.0. The number of nitrogens with zero attached hydrogens (tertiary/aromatic N) is 1. The fourth-order valence-corrected chi connectivity index (χ4v) is 2.63. The van der Waals surface area contributed by atoms with E-state index in [4.69, 9.17) is 5.73 Å². The van der Waals surface area contributed by atoms with Crippen molar-refractivity contribution in [1.82, 2.24) is 4.90 Å². The summed E-state index contributed by atoms with van der Waals surface area (Å²) in [6, 6.07) is 0. The predicted octanol–water partition coefficient (Wildman–Crippen LogP) is 2.63. The molecule has 0 aromatic carbocycles. The van der Waals surface area contributed by atoms with Gasteiger partial charge in [-0.05, 0) is 38.3 Å². The topological polar surface area (TPSA) is 29.3 Å². The summed E-state index contributed by atoms with van der Waals surface area (Å²) in [5.74, 6) is 0. The fourth-order valence-electron chi connectivity index (χ4n) is 2.63. The van der Waals surface area contributed by atoms with Crippen molar-refractivity contribution in [2.45, 2.75) is 58.4 Å². The maximum absolute atomic E-state index is 6.34. The quantitative estimate of drug-likeness (QED) is 0.776. The van der Waals surface area contributed by atoms with E-state index in [0.717, 1.165) is 13.1 Å². The SMILES string of the molecule is CN(CCC1(N)CCCC1)CC(C)(C)C. The number of rotatable bonds is 4. The molecular formula is C13H28N2. The van der Waals surface area contributed by atoms with E-state index in [1.165, 1.54) is 32.1 Å². The number of hydrogen-bond acceptors (Lipinski definition) is 2. The Morgan fingerprint density at radius 1 is 1.20 bits per heavy atom. The Hall–Kier alpha value is -0.0800. The third-order valence-corrected chi connectivity index (χ3v) is 3.34. The monoisotopic (exact) mass is 212 g/mol. The molecule has 0 aliphatic heterocycles. The van der Waals surface area contributed by atoms with Gasteiger partial charge in [-0.2, -0.15) is 0 Å². The van der Waals surface area contributed by atoms with Crippen LogP contribution in [0.15, 0.2) is 0 Å². The zero-order chi connectivity index (χ0) is 11.5. The van der Waals surface area contributed by atoms with Crippen molar-refractivity contribution in [2.24, 2.45) is 11.1 Å². The normalized spacial score (nSPS) is 21.2. The summed E-state index contributed by atoms with van der Waals surface area (Å²) >= 11 is 0. The highest BCUT2D eigenvalue weighted by molar-refractivity contribution is 4.89. The average Bonchev–Trinajstić information content (AvgIpc) is 2.47.